The number of carbonyl (C=O) groups is 3. The highest BCUT2D eigenvalue weighted by Crippen LogP contribution is 2.28. The summed E-state index contributed by atoms with van der Waals surface area (Å²) in [5.41, 5.74) is 2.14. The average Bonchev–Trinajstić information content (AvgIpc) is 3.11. The molecule has 2 N–H and O–H groups in total. The lowest BCUT2D eigenvalue weighted by atomic mass is 10.1. The second kappa shape index (κ2) is 9.80. The molecule has 0 aromatic heterocycles. The van der Waals surface area contributed by atoms with Crippen molar-refractivity contribution in [3.05, 3.63) is 48.5 Å². The van der Waals surface area contributed by atoms with Crippen LogP contribution in [0.5, 0.6) is 0 Å². The molecule has 1 fully saturated rings. The Morgan fingerprint density at radius 2 is 1.63 bits per heavy atom. The molecule has 0 radical (unpaired) electrons. The summed E-state index contributed by atoms with van der Waals surface area (Å²) < 4.78 is 0. The lowest BCUT2D eigenvalue weighted by Gasteiger charge is -2.17. The Balaban J connectivity index is 1.57. The quantitative estimate of drug-likeness (QED) is 0.645. The fraction of sp³-hybridized carbons (Fsp3) is 0.348. The second-order valence-electron chi connectivity index (χ2n) is 7.82. The number of hydrogen-bond acceptors (Lipinski definition) is 4. The summed E-state index contributed by atoms with van der Waals surface area (Å²) in [7, 11) is 0. The molecule has 1 heterocycles. The van der Waals surface area contributed by atoms with Crippen molar-refractivity contribution < 1.29 is 14.4 Å². The molecule has 1 aliphatic heterocycles. The standard InChI is InChI=1S/C23H27N3O3S/c1-15(2)12-21(27)24-17-4-6-18(7-5-17)25-23(29)16-13-22(28)26(14-16)19-8-10-20(30-3)11-9-19/h4-11,15-16H,12-14H2,1-3H3,(H,24,27)(H,25,29)/t16-/m1/s1. The maximum Gasteiger partial charge on any atom is 0.229 e. The van der Waals surface area contributed by atoms with Crippen LogP contribution in [0.2, 0.25) is 0 Å². The van der Waals surface area contributed by atoms with E-state index in [4.69, 9.17) is 0 Å². The van der Waals surface area contributed by atoms with Gasteiger partial charge in [-0.1, -0.05) is 13.8 Å². The first-order chi connectivity index (χ1) is 14.4. The predicted molar refractivity (Wildman–Crippen MR) is 122 cm³/mol. The van der Waals surface area contributed by atoms with Crippen LogP contribution in [0.25, 0.3) is 0 Å². The van der Waals surface area contributed by atoms with Crippen molar-refractivity contribution in [3.8, 4) is 0 Å². The summed E-state index contributed by atoms with van der Waals surface area (Å²) in [6.07, 6.45) is 2.66. The minimum Gasteiger partial charge on any atom is -0.326 e. The third-order valence-corrected chi connectivity index (χ3v) is 5.65. The molecule has 3 rings (SSSR count). The summed E-state index contributed by atoms with van der Waals surface area (Å²) >= 11 is 1.64. The monoisotopic (exact) mass is 425 g/mol. The van der Waals surface area contributed by atoms with Gasteiger partial charge in [-0.2, -0.15) is 0 Å². The molecule has 30 heavy (non-hydrogen) atoms. The van der Waals surface area contributed by atoms with Crippen LogP contribution in [0, 0.1) is 11.8 Å². The summed E-state index contributed by atoms with van der Waals surface area (Å²) in [5.74, 6) is -0.362. The van der Waals surface area contributed by atoms with E-state index in [1.807, 2.05) is 44.4 Å². The van der Waals surface area contributed by atoms with E-state index in [0.29, 0.717) is 30.3 Å². The normalized spacial score (nSPS) is 16.1. The van der Waals surface area contributed by atoms with Gasteiger partial charge in [0.15, 0.2) is 0 Å². The van der Waals surface area contributed by atoms with Crippen molar-refractivity contribution in [1.29, 1.82) is 0 Å². The molecule has 6 nitrogen and oxygen atoms in total. The minimum atomic E-state index is -0.400. The summed E-state index contributed by atoms with van der Waals surface area (Å²) in [5, 5.41) is 5.72. The fourth-order valence-corrected chi connectivity index (χ4v) is 3.77. The van der Waals surface area contributed by atoms with Crippen molar-refractivity contribution in [2.45, 2.75) is 31.6 Å². The van der Waals surface area contributed by atoms with Crippen LogP contribution < -0.4 is 15.5 Å². The Morgan fingerprint density at radius 1 is 1.03 bits per heavy atom. The Morgan fingerprint density at radius 3 is 2.20 bits per heavy atom. The number of amides is 3. The van der Waals surface area contributed by atoms with Gasteiger partial charge in [0, 0.05) is 41.3 Å². The molecule has 0 unspecified atom stereocenters. The highest BCUT2D eigenvalue weighted by Gasteiger charge is 2.35. The fourth-order valence-electron chi connectivity index (χ4n) is 3.36. The van der Waals surface area contributed by atoms with Crippen LogP contribution in [-0.2, 0) is 14.4 Å². The number of thioether (sulfide) groups is 1. The minimum absolute atomic E-state index is 0.0306. The summed E-state index contributed by atoms with van der Waals surface area (Å²) in [4.78, 5) is 39.7. The van der Waals surface area contributed by atoms with Crippen molar-refractivity contribution >= 4 is 46.5 Å². The van der Waals surface area contributed by atoms with Crippen molar-refractivity contribution in [2.75, 3.05) is 28.3 Å². The van der Waals surface area contributed by atoms with Gasteiger partial charge in [0.1, 0.15) is 0 Å². The van der Waals surface area contributed by atoms with Crippen molar-refractivity contribution in [1.82, 2.24) is 0 Å². The number of benzene rings is 2. The number of carbonyl (C=O) groups excluding carboxylic acids is 3. The summed E-state index contributed by atoms with van der Waals surface area (Å²) in [6, 6.07) is 14.8. The molecule has 7 heteroatoms. The number of anilines is 3. The van der Waals surface area contributed by atoms with E-state index >= 15 is 0 Å². The van der Waals surface area contributed by atoms with Crippen LogP contribution in [0.1, 0.15) is 26.7 Å². The van der Waals surface area contributed by atoms with Gasteiger partial charge in [0.05, 0.1) is 5.92 Å². The molecule has 158 valence electrons. The number of rotatable bonds is 7. The average molecular weight is 426 g/mol. The third-order valence-electron chi connectivity index (χ3n) is 4.91. The predicted octanol–water partition coefficient (Wildman–Crippen LogP) is 4.38. The molecule has 1 atom stereocenters. The first kappa shape index (κ1) is 21.9. The number of nitrogens with zero attached hydrogens (tertiary/aromatic N) is 1. The van der Waals surface area contributed by atoms with Gasteiger partial charge in [0.2, 0.25) is 17.7 Å². The van der Waals surface area contributed by atoms with Crippen molar-refractivity contribution in [3.63, 3.8) is 0 Å². The van der Waals surface area contributed by atoms with Gasteiger partial charge < -0.3 is 15.5 Å². The SMILES string of the molecule is CSc1ccc(N2C[C@H](C(=O)Nc3ccc(NC(=O)CC(C)C)cc3)CC2=O)cc1. The van der Waals surface area contributed by atoms with Crippen LogP contribution in [0.3, 0.4) is 0 Å². The molecule has 3 amide bonds. The molecule has 0 bridgehead atoms. The molecular weight excluding hydrogens is 398 g/mol. The lowest BCUT2D eigenvalue weighted by molar-refractivity contribution is -0.122. The molecule has 2 aromatic rings. The van der Waals surface area contributed by atoms with E-state index in [1.165, 1.54) is 0 Å². The zero-order chi connectivity index (χ0) is 21.7. The molecule has 0 saturated carbocycles. The summed E-state index contributed by atoms with van der Waals surface area (Å²) in [6.45, 7) is 4.35. The Hall–Kier alpha value is -2.80. The van der Waals surface area contributed by atoms with Gasteiger partial charge in [-0.3, -0.25) is 14.4 Å². The molecule has 1 aliphatic rings. The Labute approximate surface area is 181 Å². The van der Waals surface area contributed by atoms with Crippen molar-refractivity contribution in [2.24, 2.45) is 11.8 Å². The van der Waals surface area contributed by atoms with E-state index in [1.54, 1.807) is 40.9 Å². The van der Waals surface area contributed by atoms with Crippen LogP contribution in [-0.4, -0.2) is 30.5 Å². The highest BCUT2D eigenvalue weighted by atomic mass is 32.2. The van der Waals surface area contributed by atoms with Gasteiger partial charge in [-0.05, 0) is 60.7 Å². The van der Waals surface area contributed by atoms with Gasteiger partial charge in [-0.15, -0.1) is 11.8 Å². The smallest absolute Gasteiger partial charge is 0.229 e. The van der Waals surface area contributed by atoms with E-state index < -0.39 is 5.92 Å². The first-order valence-corrected chi connectivity index (χ1v) is 11.2. The molecule has 1 saturated heterocycles. The molecule has 0 spiro atoms. The molecule has 2 aromatic carbocycles. The van der Waals surface area contributed by atoms with Crippen LogP contribution in [0.4, 0.5) is 17.1 Å². The maximum absolute atomic E-state index is 12.7. The molecular formula is C23H27N3O3S. The molecule has 0 aliphatic carbocycles. The topological polar surface area (TPSA) is 78.5 Å². The maximum atomic E-state index is 12.7. The zero-order valence-electron chi connectivity index (χ0n) is 17.5. The lowest BCUT2D eigenvalue weighted by Crippen LogP contribution is -2.28. The zero-order valence-corrected chi connectivity index (χ0v) is 18.3. The van der Waals surface area contributed by atoms with Gasteiger partial charge in [0.25, 0.3) is 0 Å². The van der Waals surface area contributed by atoms with E-state index in [9.17, 15) is 14.4 Å². The Bertz CT molecular complexity index is 910. The van der Waals surface area contributed by atoms with E-state index in [2.05, 4.69) is 10.6 Å². The highest BCUT2D eigenvalue weighted by molar-refractivity contribution is 7.98. The second-order valence-corrected chi connectivity index (χ2v) is 8.70. The van der Waals surface area contributed by atoms with Gasteiger partial charge >= 0.3 is 0 Å². The number of hydrogen-bond donors (Lipinski definition) is 2. The van der Waals surface area contributed by atoms with E-state index in [-0.39, 0.29) is 24.1 Å². The first-order valence-electron chi connectivity index (χ1n) is 10.0. The van der Waals surface area contributed by atoms with Gasteiger partial charge in [-0.25, -0.2) is 0 Å². The van der Waals surface area contributed by atoms with E-state index in [0.717, 1.165) is 10.6 Å². The largest absolute Gasteiger partial charge is 0.326 e. The number of nitrogens with one attached hydrogen (secondary N) is 2. The third kappa shape index (κ3) is 5.63. The Kier molecular flexibility index (Phi) is 7.15. The van der Waals surface area contributed by atoms with Crippen LogP contribution in [0.15, 0.2) is 53.4 Å². The van der Waals surface area contributed by atoms with Crippen LogP contribution >= 0.6 is 11.8 Å².